The summed E-state index contributed by atoms with van der Waals surface area (Å²) in [6.45, 7) is 5.21. The highest BCUT2D eigenvalue weighted by molar-refractivity contribution is 5.95. The molecule has 1 N–H and O–H groups in total. The molecule has 0 unspecified atom stereocenters. The summed E-state index contributed by atoms with van der Waals surface area (Å²) in [4.78, 5) is 24.7. The van der Waals surface area contributed by atoms with E-state index in [1.54, 1.807) is 49.4 Å². The van der Waals surface area contributed by atoms with Gasteiger partial charge in [0.05, 0.1) is 28.2 Å². The predicted molar refractivity (Wildman–Crippen MR) is 124 cm³/mol. The molecule has 0 aliphatic rings. The number of nitrogens with zero attached hydrogens (tertiary/aromatic N) is 3. The van der Waals surface area contributed by atoms with Crippen molar-refractivity contribution in [3.8, 4) is 11.4 Å². The van der Waals surface area contributed by atoms with E-state index in [1.807, 2.05) is 13.8 Å². The minimum absolute atomic E-state index is 0.273. The first kappa shape index (κ1) is 23.7. The molecular formula is C25H23FN4O5. The zero-order chi connectivity index (χ0) is 24.9. The SMILES string of the molecule is Cc1cc(NC(=O)COC(=O)c2ccc(OCc3c(C)noc3C)cc2)n(-c2ccc(F)cc2)n1. The van der Waals surface area contributed by atoms with Gasteiger partial charge < -0.3 is 19.3 Å². The molecule has 0 aliphatic carbocycles. The summed E-state index contributed by atoms with van der Waals surface area (Å²) in [5.41, 5.74) is 3.13. The Kier molecular flexibility index (Phi) is 6.91. The van der Waals surface area contributed by atoms with E-state index >= 15 is 0 Å². The molecule has 180 valence electrons. The second kappa shape index (κ2) is 10.2. The summed E-state index contributed by atoms with van der Waals surface area (Å²) in [5.74, 6) is 0.0485. The Morgan fingerprint density at radius 3 is 2.43 bits per heavy atom. The standard InChI is InChI=1S/C25H23FN4O5/c1-15-12-23(30(28-15)20-8-6-19(26)7-9-20)27-24(31)14-34-25(32)18-4-10-21(11-5-18)33-13-22-16(2)29-35-17(22)3/h4-12H,13-14H2,1-3H3,(H,27,31). The van der Waals surface area contributed by atoms with Crippen molar-refractivity contribution in [1.82, 2.24) is 14.9 Å². The molecule has 0 saturated heterocycles. The molecule has 2 heterocycles. The van der Waals surface area contributed by atoms with Gasteiger partial charge >= 0.3 is 5.97 Å². The van der Waals surface area contributed by atoms with Crippen molar-refractivity contribution in [3.05, 3.63) is 88.7 Å². The zero-order valence-electron chi connectivity index (χ0n) is 19.4. The Morgan fingerprint density at radius 1 is 1.06 bits per heavy atom. The molecule has 2 aromatic carbocycles. The van der Waals surface area contributed by atoms with Crippen molar-refractivity contribution in [2.75, 3.05) is 11.9 Å². The third kappa shape index (κ3) is 5.72. The summed E-state index contributed by atoms with van der Waals surface area (Å²) in [6.07, 6.45) is 0. The van der Waals surface area contributed by atoms with Crippen LogP contribution in [0.3, 0.4) is 0 Å². The maximum absolute atomic E-state index is 13.2. The maximum Gasteiger partial charge on any atom is 0.338 e. The van der Waals surface area contributed by atoms with E-state index in [2.05, 4.69) is 15.6 Å². The van der Waals surface area contributed by atoms with Crippen LogP contribution in [0.5, 0.6) is 5.75 Å². The quantitative estimate of drug-likeness (QED) is 0.376. The van der Waals surface area contributed by atoms with Gasteiger partial charge in [-0.15, -0.1) is 0 Å². The molecule has 0 radical (unpaired) electrons. The number of hydrogen-bond donors (Lipinski definition) is 1. The van der Waals surface area contributed by atoms with Crippen LogP contribution in [-0.4, -0.2) is 33.4 Å². The molecule has 4 rings (SSSR count). The van der Waals surface area contributed by atoms with Crippen molar-refractivity contribution >= 4 is 17.7 Å². The molecule has 10 heteroatoms. The second-order valence-corrected chi connectivity index (χ2v) is 7.80. The molecule has 0 saturated carbocycles. The number of ether oxygens (including phenoxy) is 2. The molecule has 0 aliphatic heterocycles. The summed E-state index contributed by atoms with van der Waals surface area (Å²) < 4.78 is 30.7. The number of aryl methyl sites for hydroxylation is 3. The van der Waals surface area contributed by atoms with E-state index in [1.165, 1.54) is 16.8 Å². The number of nitrogens with one attached hydrogen (secondary N) is 1. The van der Waals surface area contributed by atoms with E-state index in [4.69, 9.17) is 14.0 Å². The fraction of sp³-hybridized carbons (Fsp3) is 0.200. The first-order valence-corrected chi connectivity index (χ1v) is 10.7. The molecule has 0 bridgehead atoms. The fourth-order valence-corrected chi connectivity index (χ4v) is 3.31. The number of amides is 1. The van der Waals surface area contributed by atoms with Gasteiger partial charge in [0.1, 0.15) is 29.8 Å². The van der Waals surface area contributed by atoms with Crippen LogP contribution in [0, 0.1) is 26.6 Å². The van der Waals surface area contributed by atoms with Gasteiger partial charge in [-0.05, 0) is 69.3 Å². The van der Waals surface area contributed by atoms with Gasteiger partial charge in [0.25, 0.3) is 5.91 Å². The predicted octanol–water partition coefficient (Wildman–Crippen LogP) is 4.30. The van der Waals surface area contributed by atoms with Crippen molar-refractivity contribution in [3.63, 3.8) is 0 Å². The van der Waals surface area contributed by atoms with E-state index in [9.17, 15) is 14.0 Å². The first-order chi connectivity index (χ1) is 16.8. The van der Waals surface area contributed by atoms with Gasteiger partial charge in [-0.2, -0.15) is 5.10 Å². The smallest absolute Gasteiger partial charge is 0.338 e. The number of hydrogen-bond acceptors (Lipinski definition) is 7. The van der Waals surface area contributed by atoms with Crippen molar-refractivity contribution in [2.45, 2.75) is 27.4 Å². The molecule has 35 heavy (non-hydrogen) atoms. The van der Waals surface area contributed by atoms with Crippen molar-refractivity contribution < 1.29 is 28.0 Å². The summed E-state index contributed by atoms with van der Waals surface area (Å²) in [5, 5.41) is 10.8. The lowest BCUT2D eigenvalue weighted by molar-refractivity contribution is -0.119. The van der Waals surface area contributed by atoms with E-state index in [0.29, 0.717) is 35.3 Å². The first-order valence-electron chi connectivity index (χ1n) is 10.7. The molecule has 1 amide bonds. The molecule has 0 fully saturated rings. The van der Waals surface area contributed by atoms with E-state index < -0.39 is 18.5 Å². The van der Waals surface area contributed by atoms with Crippen LogP contribution < -0.4 is 10.1 Å². The molecule has 9 nitrogen and oxygen atoms in total. The number of carbonyl (C=O) groups is 2. The topological polar surface area (TPSA) is 108 Å². The highest BCUT2D eigenvalue weighted by Crippen LogP contribution is 2.19. The van der Waals surface area contributed by atoms with Gasteiger partial charge in [-0.1, -0.05) is 5.16 Å². The number of benzene rings is 2. The van der Waals surface area contributed by atoms with Gasteiger partial charge in [0.2, 0.25) is 0 Å². The number of esters is 1. The van der Waals surface area contributed by atoms with Crippen LogP contribution in [0.1, 0.15) is 33.1 Å². The van der Waals surface area contributed by atoms with Crippen LogP contribution in [-0.2, 0) is 16.1 Å². The Labute approximate surface area is 200 Å². The van der Waals surface area contributed by atoms with Crippen molar-refractivity contribution in [1.29, 1.82) is 0 Å². The van der Waals surface area contributed by atoms with Crippen LogP contribution in [0.25, 0.3) is 5.69 Å². The molecule has 0 spiro atoms. The van der Waals surface area contributed by atoms with E-state index in [-0.39, 0.29) is 11.4 Å². The monoisotopic (exact) mass is 478 g/mol. The summed E-state index contributed by atoms with van der Waals surface area (Å²) in [6, 6.07) is 13.7. The lowest BCUT2D eigenvalue weighted by Gasteiger charge is -2.10. The third-order valence-corrected chi connectivity index (χ3v) is 5.16. The Morgan fingerprint density at radius 2 is 1.77 bits per heavy atom. The number of rotatable bonds is 8. The third-order valence-electron chi connectivity index (χ3n) is 5.16. The molecular weight excluding hydrogens is 455 g/mol. The Bertz CT molecular complexity index is 1320. The van der Waals surface area contributed by atoms with Gasteiger partial charge in [-0.25, -0.2) is 13.9 Å². The second-order valence-electron chi connectivity index (χ2n) is 7.80. The van der Waals surface area contributed by atoms with Crippen LogP contribution >= 0.6 is 0 Å². The van der Waals surface area contributed by atoms with Crippen molar-refractivity contribution in [2.24, 2.45) is 0 Å². The number of aromatic nitrogens is 3. The fourth-order valence-electron chi connectivity index (χ4n) is 3.31. The van der Waals surface area contributed by atoms with Gasteiger partial charge in [0.15, 0.2) is 6.61 Å². The zero-order valence-corrected chi connectivity index (χ0v) is 19.4. The maximum atomic E-state index is 13.2. The largest absolute Gasteiger partial charge is 0.489 e. The summed E-state index contributed by atoms with van der Waals surface area (Å²) >= 11 is 0. The van der Waals surface area contributed by atoms with E-state index in [0.717, 1.165) is 11.3 Å². The average Bonchev–Trinajstić information content (AvgIpc) is 3.37. The molecule has 2 aromatic heterocycles. The number of halogens is 1. The molecule has 0 atom stereocenters. The van der Waals surface area contributed by atoms with Crippen LogP contribution in [0.4, 0.5) is 10.2 Å². The summed E-state index contributed by atoms with van der Waals surface area (Å²) in [7, 11) is 0. The highest BCUT2D eigenvalue weighted by Gasteiger charge is 2.15. The Balaban J connectivity index is 1.31. The lowest BCUT2D eigenvalue weighted by Crippen LogP contribution is -2.22. The Hall–Kier alpha value is -4.47. The van der Waals surface area contributed by atoms with Crippen LogP contribution in [0.2, 0.25) is 0 Å². The number of carbonyl (C=O) groups excluding carboxylic acids is 2. The minimum atomic E-state index is -0.652. The van der Waals surface area contributed by atoms with Gasteiger partial charge in [-0.3, -0.25) is 4.79 Å². The normalized spacial score (nSPS) is 10.7. The minimum Gasteiger partial charge on any atom is -0.489 e. The number of anilines is 1. The highest BCUT2D eigenvalue weighted by atomic mass is 19.1. The average molecular weight is 478 g/mol. The van der Waals surface area contributed by atoms with Gasteiger partial charge in [0, 0.05) is 6.07 Å². The van der Waals surface area contributed by atoms with Crippen LogP contribution in [0.15, 0.2) is 59.1 Å². The lowest BCUT2D eigenvalue weighted by atomic mass is 10.2. The molecule has 4 aromatic rings.